The van der Waals surface area contributed by atoms with E-state index in [1.807, 2.05) is 0 Å². The van der Waals surface area contributed by atoms with Crippen LogP contribution in [0.15, 0.2) is 0 Å². The maximum atomic E-state index is 10.4. The van der Waals surface area contributed by atoms with Crippen molar-refractivity contribution in [2.24, 2.45) is 0 Å². The Balaban J connectivity index is 0. The molecule has 0 amide bonds. The molecule has 0 aliphatic rings. The van der Waals surface area contributed by atoms with Crippen LogP contribution in [0.25, 0.3) is 0 Å². The summed E-state index contributed by atoms with van der Waals surface area (Å²) in [5, 5.41) is 0. The molecule has 0 heterocycles. The molecule has 0 bridgehead atoms. The van der Waals surface area contributed by atoms with E-state index < -0.39 is 31.7 Å². The third-order valence-corrected chi connectivity index (χ3v) is 3.77. The predicted octanol–water partition coefficient (Wildman–Crippen LogP) is -1.07. The molecule has 17 heavy (non-hydrogen) atoms. The summed E-state index contributed by atoms with van der Waals surface area (Å²) in [6.45, 7) is 0. The summed E-state index contributed by atoms with van der Waals surface area (Å²) in [5.41, 5.74) is 0. The summed E-state index contributed by atoms with van der Waals surface area (Å²) in [4.78, 5) is 54.4. The summed E-state index contributed by atoms with van der Waals surface area (Å²) in [5.74, 6) is 0. The highest BCUT2D eigenvalue weighted by Gasteiger charge is 2.38. The van der Waals surface area contributed by atoms with Crippen LogP contribution in [-0.2, 0) is 26.9 Å². The zero-order valence-corrected chi connectivity index (χ0v) is 10.9. The molecule has 17 heteroatoms. The van der Waals surface area contributed by atoms with Crippen molar-refractivity contribution < 1.29 is 61.1 Å². The fourth-order valence-electron chi connectivity index (χ4n) is 0.284. The second-order valence-corrected chi connectivity index (χ2v) is 6.58. The van der Waals surface area contributed by atoms with Crippen LogP contribution in [0.3, 0.4) is 0 Å². The van der Waals surface area contributed by atoms with E-state index in [0.717, 1.165) is 0 Å². The van der Waals surface area contributed by atoms with Gasteiger partial charge in [-0.2, -0.15) is 8.62 Å². The first kappa shape index (κ1) is 19.8. The normalized spacial score (nSPS) is 12.6. The smallest absolute Gasteiger partial charge is 0.302 e. The average Bonchev–Trinajstić information content (AvgIpc) is 1.68. The van der Waals surface area contributed by atoms with Gasteiger partial charge in [0, 0.05) is 4.57 Å². The molecule has 7 N–H and O–H groups in total. The molecule has 0 fully saturated rings. The van der Waals surface area contributed by atoms with Gasteiger partial charge >= 0.3 is 31.7 Å². The van der Waals surface area contributed by atoms with Crippen LogP contribution in [0.5, 0.6) is 0 Å². The van der Waals surface area contributed by atoms with E-state index in [2.05, 4.69) is 8.62 Å². The number of hydrogen-bond donors (Lipinski definition) is 7. The number of hydrogen-bond acceptors (Lipinski definition) is 6. The topological polar surface area (TPSA) is 228 Å². The maximum absolute atomic E-state index is 10.4. The van der Waals surface area contributed by atoms with E-state index in [1.165, 1.54) is 0 Å². The van der Waals surface area contributed by atoms with Gasteiger partial charge in [0.05, 0.1) is 0 Å². The lowest BCUT2D eigenvalue weighted by atomic mass is 15.7. The Hall–Kier alpha value is 0.430. The van der Waals surface area contributed by atoms with Gasteiger partial charge in [-0.15, -0.1) is 9.79 Å². The van der Waals surface area contributed by atoms with Crippen molar-refractivity contribution in [2.45, 2.75) is 0 Å². The SMILES string of the molecule is O=P(O)(O)OP(=O)(O)OP(=O)(O)O.O=[P+](O)O. The molecule has 0 saturated carbocycles. The van der Waals surface area contributed by atoms with Gasteiger partial charge in [0.25, 0.3) is 0 Å². The van der Waals surface area contributed by atoms with E-state index in [0.29, 0.717) is 0 Å². The molecule has 0 rings (SSSR count). The van der Waals surface area contributed by atoms with Crippen molar-refractivity contribution in [2.75, 3.05) is 0 Å². The summed E-state index contributed by atoms with van der Waals surface area (Å²) in [7, 11) is -19.0. The first-order chi connectivity index (χ1) is 7.15. The zero-order chi connectivity index (χ0) is 14.5. The van der Waals surface area contributed by atoms with Crippen LogP contribution in [0.2, 0.25) is 0 Å². The van der Waals surface area contributed by atoms with Gasteiger partial charge in [-0.3, -0.25) is 0 Å². The summed E-state index contributed by atoms with van der Waals surface area (Å²) in [6.07, 6.45) is 0. The lowest BCUT2D eigenvalue weighted by Crippen LogP contribution is -1.91. The van der Waals surface area contributed by atoms with Crippen molar-refractivity contribution in [3.8, 4) is 0 Å². The van der Waals surface area contributed by atoms with E-state index >= 15 is 0 Å². The molecular formula is H7O13P4+. The van der Waals surface area contributed by atoms with E-state index in [-0.39, 0.29) is 0 Å². The quantitative estimate of drug-likeness (QED) is 0.303. The van der Waals surface area contributed by atoms with Gasteiger partial charge in [-0.25, -0.2) is 13.7 Å². The maximum Gasteiger partial charge on any atom is 0.692 e. The molecular weight excluding hydrogens is 332 g/mol. The Morgan fingerprint density at radius 1 is 0.765 bits per heavy atom. The standard InChI is InChI=1S/H5O10P3.HO3P/c1-11(2,3)9-13(7,8)10-12(4,5)6;1-4(2)3/h(H,7,8)(H2,1,2,3)(H2,4,5,6);(H-,1,2,3)/p+1. The van der Waals surface area contributed by atoms with Gasteiger partial charge in [0.15, 0.2) is 0 Å². The molecule has 0 aromatic rings. The third kappa shape index (κ3) is 22.1. The summed E-state index contributed by atoms with van der Waals surface area (Å²) < 4.78 is 45.1. The third-order valence-electron chi connectivity index (χ3n) is 0.419. The zero-order valence-electron chi connectivity index (χ0n) is 7.37. The Kier molecular flexibility index (Phi) is 8.28. The molecule has 0 saturated heterocycles. The first-order valence-corrected chi connectivity index (χ1v) is 8.58. The molecule has 0 aliphatic carbocycles. The minimum atomic E-state index is -5.46. The Bertz CT molecular complexity index is 346. The highest BCUT2D eigenvalue weighted by molar-refractivity contribution is 7.66. The monoisotopic (exact) mass is 339 g/mol. The van der Waals surface area contributed by atoms with Crippen LogP contribution in [0.4, 0.5) is 0 Å². The van der Waals surface area contributed by atoms with Crippen LogP contribution in [0, 0.1) is 0 Å². The predicted molar refractivity (Wildman–Crippen MR) is 48.1 cm³/mol. The second kappa shape index (κ2) is 7.13. The largest absolute Gasteiger partial charge is 0.692 e. The lowest BCUT2D eigenvalue weighted by molar-refractivity contribution is 0.204. The second-order valence-electron chi connectivity index (χ2n) is 1.87. The molecule has 0 aromatic heterocycles. The molecule has 0 atom stereocenters. The van der Waals surface area contributed by atoms with Gasteiger partial charge in [-0.05, 0) is 0 Å². The summed E-state index contributed by atoms with van der Waals surface area (Å²) >= 11 is 0. The minimum Gasteiger partial charge on any atom is -0.302 e. The average molecular weight is 339 g/mol. The van der Waals surface area contributed by atoms with E-state index in [4.69, 9.17) is 38.8 Å². The van der Waals surface area contributed by atoms with Gasteiger partial charge < -0.3 is 24.5 Å². The van der Waals surface area contributed by atoms with Crippen molar-refractivity contribution in [1.82, 2.24) is 0 Å². The molecule has 0 radical (unpaired) electrons. The van der Waals surface area contributed by atoms with Crippen LogP contribution < -0.4 is 0 Å². The van der Waals surface area contributed by atoms with Crippen LogP contribution >= 0.6 is 31.7 Å². The van der Waals surface area contributed by atoms with Crippen molar-refractivity contribution >= 4 is 31.7 Å². The fourth-order valence-corrected chi connectivity index (χ4v) is 2.82. The first-order valence-electron chi connectivity index (χ1n) is 2.86. The Morgan fingerprint density at radius 2 is 0.941 bits per heavy atom. The van der Waals surface area contributed by atoms with E-state index in [1.54, 1.807) is 0 Å². The van der Waals surface area contributed by atoms with Gasteiger partial charge in [0.2, 0.25) is 0 Å². The number of phosphoric acid groups is 3. The van der Waals surface area contributed by atoms with Gasteiger partial charge in [0.1, 0.15) is 0 Å². The van der Waals surface area contributed by atoms with Crippen molar-refractivity contribution in [3.63, 3.8) is 0 Å². The van der Waals surface area contributed by atoms with Crippen molar-refractivity contribution in [3.05, 3.63) is 0 Å². The molecule has 0 unspecified atom stereocenters. The minimum absolute atomic E-state index is 2.87. The number of rotatable bonds is 4. The lowest BCUT2D eigenvalue weighted by Gasteiger charge is -2.11. The van der Waals surface area contributed by atoms with Crippen LogP contribution in [-0.4, -0.2) is 34.3 Å². The Labute approximate surface area is 93.7 Å². The molecule has 0 aliphatic heterocycles. The molecule has 104 valence electrons. The van der Waals surface area contributed by atoms with E-state index in [9.17, 15) is 13.7 Å². The molecule has 13 nitrogen and oxygen atoms in total. The van der Waals surface area contributed by atoms with Gasteiger partial charge in [-0.1, -0.05) is 0 Å². The van der Waals surface area contributed by atoms with Crippen LogP contribution in [0.1, 0.15) is 0 Å². The molecule has 0 spiro atoms. The van der Waals surface area contributed by atoms with Crippen molar-refractivity contribution in [1.29, 1.82) is 0 Å². The molecule has 0 aromatic carbocycles. The Morgan fingerprint density at radius 3 is 1.06 bits per heavy atom. The summed E-state index contributed by atoms with van der Waals surface area (Å²) in [6, 6.07) is 0. The highest BCUT2D eigenvalue weighted by Crippen LogP contribution is 2.64. The highest BCUT2D eigenvalue weighted by atomic mass is 31.3. The fraction of sp³-hybridized carbons (Fsp3) is 0.